The number of para-hydroxylation sites is 1. The van der Waals surface area contributed by atoms with Crippen molar-refractivity contribution in [3.63, 3.8) is 0 Å². The number of anilines is 1. The van der Waals surface area contributed by atoms with Crippen LogP contribution in [0.1, 0.15) is 23.4 Å². The zero-order valence-electron chi connectivity index (χ0n) is 17.2. The molecule has 3 aromatic rings. The highest BCUT2D eigenvalue weighted by molar-refractivity contribution is 5.76. The second kappa shape index (κ2) is 8.52. The van der Waals surface area contributed by atoms with E-state index in [0.717, 1.165) is 49.7 Å². The van der Waals surface area contributed by atoms with Crippen LogP contribution in [0.2, 0.25) is 0 Å². The minimum Gasteiger partial charge on any atom is -0.368 e. The Hall–Kier alpha value is -3.08. The molecule has 4 rings (SSSR count). The Bertz CT molecular complexity index is 954. The molecule has 0 N–H and O–H groups in total. The predicted molar refractivity (Wildman–Crippen MR) is 117 cm³/mol. The highest BCUT2D eigenvalue weighted by Crippen LogP contribution is 2.17. The van der Waals surface area contributed by atoms with Crippen molar-refractivity contribution in [2.24, 2.45) is 0 Å². The summed E-state index contributed by atoms with van der Waals surface area (Å²) in [6, 6.07) is 20.9. The highest BCUT2D eigenvalue weighted by atomic mass is 16.2. The fraction of sp³-hybridized carbons (Fsp3) is 0.333. The average molecular weight is 389 g/mol. The lowest BCUT2D eigenvalue weighted by atomic mass is 10.1. The van der Waals surface area contributed by atoms with Crippen LogP contribution in [-0.2, 0) is 11.2 Å². The molecule has 1 saturated heterocycles. The van der Waals surface area contributed by atoms with Crippen LogP contribution in [0.15, 0.2) is 60.7 Å². The SMILES string of the molecule is Cc1cc(C)n(-c2ccc(CCC(=O)N3CCN(c4ccccc4)CC3)cc2)n1. The molecule has 5 heteroatoms. The summed E-state index contributed by atoms with van der Waals surface area (Å²) in [7, 11) is 0. The van der Waals surface area contributed by atoms with E-state index in [4.69, 9.17) is 0 Å². The first-order chi connectivity index (χ1) is 14.1. The van der Waals surface area contributed by atoms with Gasteiger partial charge in [-0.2, -0.15) is 5.10 Å². The molecule has 150 valence electrons. The van der Waals surface area contributed by atoms with Crippen molar-refractivity contribution in [1.82, 2.24) is 14.7 Å². The summed E-state index contributed by atoms with van der Waals surface area (Å²) in [5, 5.41) is 4.53. The first-order valence-electron chi connectivity index (χ1n) is 10.3. The third kappa shape index (κ3) is 4.50. The zero-order chi connectivity index (χ0) is 20.2. The van der Waals surface area contributed by atoms with Gasteiger partial charge in [-0.3, -0.25) is 4.79 Å². The van der Waals surface area contributed by atoms with Gasteiger partial charge in [-0.25, -0.2) is 4.68 Å². The highest BCUT2D eigenvalue weighted by Gasteiger charge is 2.20. The van der Waals surface area contributed by atoms with Crippen LogP contribution in [0.25, 0.3) is 5.69 Å². The van der Waals surface area contributed by atoms with Crippen LogP contribution in [0, 0.1) is 13.8 Å². The second-order valence-corrected chi connectivity index (χ2v) is 7.71. The molecule has 0 atom stereocenters. The number of benzene rings is 2. The number of aromatic nitrogens is 2. The number of hydrogen-bond donors (Lipinski definition) is 0. The van der Waals surface area contributed by atoms with Crippen LogP contribution in [0.5, 0.6) is 0 Å². The maximum atomic E-state index is 12.6. The topological polar surface area (TPSA) is 41.4 Å². The average Bonchev–Trinajstić information content (AvgIpc) is 3.11. The fourth-order valence-corrected chi connectivity index (χ4v) is 3.96. The van der Waals surface area contributed by atoms with Crippen LogP contribution in [-0.4, -0.2) is 46.8 Å². The van der Waals surface area contributed by atoms with E-state index >= 15 is 0 Å². The lowest BCUT2D eigenvalue weighted by Crippen LogP contribution is -2.48. The van der Waals surface area contributed by atoms with Crippen molar-refractivity contribution < 1.29 is 4.79 Å². The number of piperazine rings is 1. The minimum absolute atomic E-state index is 0.250. The van der Waals surface area contributed by atoms with Crippen molar-refractivity contribution >= 4 is 11.6 Å². The lowest BCUT2D eigenvalue weighted by molar-refractivity contribution is -0.131. The molecule has 2 aromatic carbocycles. The number of carbonyl (C=O) groups is 1. The Labute approximate surface area is 172 Å². The van der Waals surface area contributed by atoms with Crippen molar-refractivity contribution in [1.29, 1.82) is 0 Å². The van der Waals surface area contributed by atoms with E-state index in [9.17, 15) is 4.79 Å². The van der Waals surface area contributed by atoms with Crippen molar-refractivity contribution in [2.45, 2.75) is 26.7 Å². The van der Waals surface area contributed by atoms with Gasteiger partial charge in [0.05, 0.1) is 11.4 Å². The van der Waals surface area contributed by atoms with E-state index in [2.05, 4.69) is 71.5 Å². The Morgan fingerprint density at radius 2 is 1.59 bits per heavy atom. The molecular weight excluding hydrogens is 360 g/mol. The standard InChI is InChI=1S/C24H28N4O/c1-19-18-20(2)28(25-19)23-11-8-21(9-12-23)10-13-24(29)27-16-14-26(15-17-27)22-6-4-3-5-7-22/h3-9,11-12,18H,10,13-17H2,1-2H3. The summed E-state index contributed by atoms with van der Waals surface area (Å²) in [6.07, 6.45) is 1.33. The van der Waals surface area contributed by atoms with Gasteiger partial charge in [0.25, 0.3) is 0 Å². The smallest absolute Gasteiger partial charge is 0.223 e. The number of aryl methyl sites for hydroxylation is 3. The minimum atomic E-state index is 0.250. The summed E-state index contributed by atoms with van der Waals surface area (Å²) < 4.78 is 1.95. The maximum Gasteiger partial charge on any atom is 0.223 e. The number of carbonyl (C=O) groups excluding carboxylic acids is 1. The van der Waals surface area contributed by atoms with Crippen molar-refractivity contribution in [3.8, 4) is 5.69 Å². The van der Waals surface area contributed by atoms with Gasteiger partial charge < -0.3 is 9.80 Å². The molecule has 1 aromatic heterocycles. The first-order valence-corrected chi connectivity index (χ1v) is 10.3. The largest absolute Gasteiger partial charge is 0.368 e. The van der Waals surface area contributed by atoms with Gasteiger partial charge in [0.2, 0.25) is 5.91 Å². The lowest BCUT2D eigenvalue weighted by Gasteiger charge is -2.36. The summed E-state index contributed by atoms with van der Waals surface area (Å²) in [5.41, 5.74) is 5.63. The fourth-order valence-electron chi connectivity index (χ4n) is 3.96. The van der Waals surface area contributed by atoms with Crippen LogP contribution in [0.4, 0.5) is 5.69 Å². The molecule has 1 fully saturated rings. The normalized spacial score (nSPS) is 14.3. The number of amides is 1. The quantitative estimate of drug-likeness (QED) is 0.668. The Morgan fingerprint density at radius 3 is 2.21 bits per heavy atom. The molecule has 0 bridgehead atoms. The molecule has 0 saturated carbocycles. The van der Waals surface area contributed by atoms with Gasteiger partial charge >= 0.3 is 0 Å². The number of nitrogens with zero attached hydrogens (tertiary/aromatic N) is 4. The number of rotatable bonds is 5. The van der Waals surface area contributed by atoms with Gasteiger partial charge in [-0.05, 0) is 56.2 Å². The molecule has 0 radical (unpaired) electrons. The molecule has 0 spiro atoms. The van der Waals surface area contributed by atoms with E-state index in [0.29, 0.717) is 6.42 Å². The third-order valence-electron chi connectivity index (χ3n) is 5.57. The summed E-state index contributed by atoms with van der Waals surface area (Å²) >= 11 is 0. The molecule has 0 aliphatic carbocycles. The molecule has 2 heterocycles. The second-order valence-electron chi connectivity index (χ2n) is 7.71. The van der Waals surface area contributed by atoms with Crippen LogP contribution >= 0.6 is 0 Å². The molecular formula is C24H28N4O. The van der Waals surface area contributed by atoms with E-state index in [1.54, 1.807) is 0 Å². The molecule has 0 unspecified atom stereocenters. The third-order valence-corrected chi connectivity index (χ3v) is 5.57. The molecule has 1 amide bonds. The Balaban J connectivity index is 1.28. The van der Waals surface area contributed by atoms with Crippen molar-refractivity contribution in [3.05, 3.63) is 77.6 Å². The van der Waals surface area contributed by atoms with E-state index in [-0.39, 0.29) is 5.91 Å². The van der Waals surface area contributed by atoms with Gasteiger partial charge in [0.15, 0.2) is 0 Å². The maximum absolute atomic E-state index is 12.6. The summed E-state index contributed by atoms with van der Waals surface area (Å²) in [6.45, 7) is 7.45. The van der Waals surface area contributed by atoms with E-state index < -0.39 is 0 Å². The van der Waals surface area contributed by atoms with Gasteiger partial charge in [0, 0.05) is 44.0 Å². The summed E-state index contributed by atoms with van der Waals surface area (Å²) in [4.78, 5) is 17.0. The number of hydrogen-bond acceptors (Lipinski definition) is 3. The molecule has 1 aliphatic rings. The van der Waals surface area contributed by atoms with E-state index in [1.807, 2.05) is 22.6 Å². The van der Waals surface area contributed by atoms with Crippen LogP contribution < -0.4 is 4.90 Å². The van der Waals surface area contributed by atoms with E-state index in [1.165, 1.54) is 11.3 Å². The van der Waals surface area contributed by atoms with Crippen molar-refractivity contribution in [2.75, 3.05) is 31.1 Å². The summed E-state index contributed by atoms with van der Waals surface area (Å²) in [5.74, 6) is 0.250. The monoisotopic (exact) mass is 388 g/mol. The Kier molecular flexibility index (Phi) is 5.65. The van der Waals surface area contributed by atoms with Gasteiger partial charge in [0.1, 0.15) is 0 Å². The van der Waals surface area contributed by atoms with Crippen LogP contribution in [0.3, 0.4) is 0 Å². The van der Waals surface area contributed by atoms with Gasteiger partial charge in [-0.15, -0.1) is 0 Å². The van der Waals surface area contributed by atoms with Gasteiger partial charge in [-0.1, -0.05) is 30.3 Å². The molecule has 1 aliphatic heterocycles. The molecule has 29 heavy (non-hydrogen) atoms. The predicted octanol–water partition coefficient (Wildman–Crippen LogP) is 3.77. The molecule has 5 nitrogen and oxygen atoms in total. The zero-order valence-corrected chi connectivity index (χ0v) is 17.2. The first kappa shape index (κ1) is 19.2. The Morgan fingerprint density at radius 1 is 0.897 bits per heavy atom.